The Labute approximate surface area is 184 Å². The molecule has 2 aromatic heterocycles. The first-order valence-corrected chi connectivity index (χ1v) is 11.0. The minimum atomic E-state index is -0.788. The number of nitrogens with zero attached hydrogens (tertiary/aromatic N) is 1. The van der Waals surface area contributed by atoms with Crippen LogP contribution in [0, 0.1) is 5.82 Å². The zero-order chi connectivity index (χ0) is 22.1. The highest BCUT2D eigenvalue weighted by Crippen LogP contribution is 2.35. The second kappa shape index (κ2) is 8.52. The monoisotopic (exact) mass is 456 g/mol. The lowest BCUT2D eigenvalue weighted by molar-refractivity contribution is 0.0608. The second-order valence-electron chi connectivity index (χ2n) is 6.70. The molecule has 1 N–H and O–H groups in total. The van der Waals surface area contributed by atoms with Gasteiger partial charge in [0.25, 0.3) is 5.56 Å². The minimum absolute atomic E-state index is 0.00782. The summed E-state index contributed by atoms with van der Waals surface area (Å²) in [5.74, 6) is -1.42. The van der Waals surface area contributed by atoms with Crippen molar-refractivity contribution < 1.29 is 13.9 Å². The lowest BCUT2D eigenvalue weighted by Crippen LogP contribution is -2.34. The highest BCUT2D eigenvalue weighted by Gasteiger charge is 2.21. The predicted molar refractivity (Wildman–Crippen MR) is 120 cm³/mol. The summed E-state index contributed by atoms with van der Waals surface area (Å²) in [6, 6.07) is 14.1. The summed E-state index contributed by atoms with van der Waals surface area (Å²) in [6.45, 7) is 2.02. The average molecular weight is 457 g/mol. The van der Waals surface area contributed by atoms with Gasteiger partial charge in [-0.05, 0) is 30.7 Å². The van der Waals surface area contributed by atoms with Gasteiger partial charge in [0.1, 0.15) is 10.7 Å². The van der Waals surface area contributed by atoms with E-state index in [1.54, 1.807) is 6.07 Å². The van der Waals surface area contributed by atoms with Gasteiger partial charge in [0, 0.05) is 15.5 Å². The van der Waals surface area contributed by atoms with Crippen molar-refractivity contribution in [3.05, 3.63) is 91.0 Å². The van der Waals surface area contributed by atoms with E-state index in [0.29, 0.717) is 9.46 Å². The SMILES string of the molecule is COC(=O)c1scc2[nH]c(=O)n(-c3cc(SC(C)c4ccccc4)ccc3F)c(=O)c12. The molecule has 0 amide bonds. The number of aromatic amines is 1. The Kier molecular flexibility index (Phi) is 5.79. The molecule has 0 aliphatic heterocycles. The summed E-state index contributed by atoms with van der Waals surface area (Å²) in [6.07, 6.45) is 0. The Morgan fingerprint density at radius 3 is 2.65 bits per heavy atom. The molecule has 4 rings (SSSR count). The molecule has 0 aliphatic rings. The number of H-pyrrole nitrogens is 1. The van der Waals surface area contributed by atoms with Gasteiger partial charge < -0.3 is 9.72 Å². The van der Waals surface area contributed by atoms with Gasteiger partial charge >= 0.3 is 11.7 Å². The zero-order valence-corrected chi connectivity index (χ0v) is 18.2. The summed E-state index contributed by atoms with van der Waals surface area (Å²) >= 11 is 2.46. The van der Waals surface area contributed by atoms with E-state index >= 15 is 0 Å². The van der Waals surface area contributed by atoms with Gasteiger partial charge in [-0.15, -0.1) is 23.1 Å². The third kappa shape index (κ3) is 3.94. The zero-order valence-electron chi connectivity index (χ0n) is 16.5. The molecule has 0 radical (unpaired) electrons. The number of fused-ring (bicyclic) bond motifs is 1. The number of esters is 1. The van der Waals surface area contributed by atoms with Gasteiger partial charge in [-0.3, -0.25) is 4.79 Å². The van der Waals surface area contributed by atoms with Crippen molar-refractivity contribution in [1.29, 1.82) is 0 Å². The first kappa shape index (κ1) is 21.1. The van der Waals surface area contributed by atoms with Crippen LogP contribution in [0.1, 0.15) is 27.4 Å². The molecule has 158 valence electrons. The van der Waals surface area contributed by atoms with Crippen molar-refractivity contribution in [3.63, 3.8) is 0 Å². The van der Waals surface area contributed by atoms with Crippen LogP contribution in [0.25, 0.3) is 16.6 Å². The number of halogens is 1. The first-order chi connectivity index (χ1) is 14.9. The number of benzene rings is 2. The van der Waals surface area contributed by atoms with Crippen molar-refractivity contribution in [2.24, 2.45) is 0 Å². The Morgan fingerprint density at radius 2 is 1.94 bits per heavy atom. The topological polar surface area (TPSA) is 81.2 Å². The minimum Gasteiger partial charge on any atom is -0.465 e. The molecule has 0 bridgehead atoms. The quantitative estimate of drug-likeness (QED) is 0.353. The highest BCUT2D eigenvalue weighted by molar-refractivity contribution is 7.99. The van der Waals surface area contributed by atoms with E-state index in [9.17, 15) is 18.8 Å². The van der Waals surface area contributed by atoms with Crippen LogP contribution in [0.4, 0.5) is 4.39 Å². The molecule has 0 saturated carbocycles. The maximum absolute atomic E-state index is 14.7. The molecular formula is C22H17FN2O4S2. The van der Waals surface area contributed by atoms with E-state index in [-0.39, 0.29) is 26.7 Å². The second-order valence-corrected chi connectivity index (χ2v) is 8.99. The first-order valence-electron chi connectivity index (χ1n) is 9.27. The molecule has 2 aromatic carbocycles. The summed E-state index contributed by atoms with van der Waals surface area (Å²) in [5, 5.41) is 1.55. The van der Waals surface area contributed by atoms with Crippen molar-refractivity contribution in [2.75, 3.05) is 7.11 Å². The molecule has 4 aromatic rings. The number of nitrogens with one attached hydrogen (secondary N) is 1. The van der Waals surface area contributed by atoms with E-state index in [4.69, 9.17) is 4.74 Å². The number of methoxy groups -OCH3 is 1. The van der Waals surface area contributed by atoms with Crippen molar-refractivity contribution in [2.45, 2.75) is 17.1 Å². The number of carbonyl (C=O) groups excluding carboxylic acids is 1. The fourth-order valence-electron chi connectivity index (χ4n) is 3.23. The van der Waals surface area contributed by atoms with Gasteiger partial charge in [-0.1, -0.05) is 30.3 Å². The Hall–Kier alpha value is -3.17. The molecule has 0 saturated heterocycles. The standard InChI is InChI=1S/C22H17FN2O4S2/c1-12(13-6-4-3-5-7-13)31-14-8-9-15(23)17(10-14)25-20(26)18-16(24-22(25)28)11-30-19(18)21(27)29-2/h3-12H,1-2H3,(H,24,28). The van der Waals surface area contributed by atoms with Crippen molar-refractivity contribution in [1.82, 2.24) is 9.55 Å². The molecule has 31 heavy (non-hydrogen) atoms. The van der Waals surface area contributed by atoms with Gasteiger partial charge in [0.2, 0.25) is 0 Å². The summed E-state index contributed by atoms with van der Waals surface area (Å²) in [5.41, 5.74) is -0.446. The molecule has 0 aliphatic carbocycles. The lowest BCUT2D eigenvalue weighted by atomic mass is 10.2. The van der Waals surface area contributed by atoms with E-state index in [0.717, 1.165) is 16.9 Å². The van der Waals surface area contributed by atoms with Crippen LogP contribution in [0.2, 0.25) is 0 Å². The number of aromatic nitrogens is 2. The van der Waals surface area contributed by atoms with Crippen LogP contribution < -0.4 is 11.2 Å². The number of ether oxygens (including phenoxy) is 1. The molecule has 9 heteroatoms. The maximum atomic E-state index is 14.7. The molecule has 1 atom stereocenters. The van der Waals surface area contributed by atoms with Crippen LogP contribution in [0.15, 0.2) is 68.4 Å². The van der Waals surface area contributed by atoms with E-state index < -0.39 is 23.0 Å². The normalized spacial score (nSPS) is 12.1. The third-order valence-corrected chi connectivity index (χ3v) is 6.88. The Morgan fingerprint density at radius 1 is 1.19 bits per heavy atom. The molecule has 0 fully saturated rings. The van der Waals surface area contributed by atoms with Crippen LogP contribution in [0.3, 0.4) is 0 Å². The number of thioether (sulfide) groups is 1. The number of carbonyl (C=O) groups is 1. The van der Waals surface area contributed by atoms with Crippen molar-refractivity contribution >= 4 is 40.0 Å². The van der Waals surface area contributed by atoms with Crippen LogP contribution in [-0.4, -0.2) is 22.6 Å². The maximum Gasteiger partial charge on any atom is 0.348 e. The Balaban J connectivity index is 1.83. The van der Waals surface area contributed by atoms with Gasteiger partial charge in [-0.25, -0.2) is 18.5 Å². The smallest absolute Gasteiger partial charge is 0.348 e. The van der Waals surface area contributed by atoms with Crippen molar-refractivity contribution in [3.8, 4) is 5.69 Å². The van der Waals surface area contributed by atoms with E-state index in [1.165, 1.54) is 36.4 Å². The lowest BCUT2D eigenvalue weighted by Gasteiger charge is -2.13. The number of hydrogen-bond acceptors (Lipinski definition) is 6. The van der Waals surface area contributed by atoms with Gasteiger partial charge in [-0.2, -0.15) is 0 Å². The molecule has 2 heterocycles. The molecule has 0 spiro atoms. The summed E-state index contributed by atoms with van der Waals surface area (Å²) < 4.78 is 20.1. The van der Waals surface area contributed by atoms with Crippen LogP contribution >= 0.6 is 23.1 Å². The molecule has 1 unspecified atom stereocenters. The fourth-order valence-corrected chi connectivity index (χ4v) is 5.17. The number of thiophene rings is 1. The molecule has 6 nitrogen and oxygen atoms in total. The summed E-state index contributed by atoms with van der Waals surface area (Å²) in [7, 11) is 1.20. The predicted octanol–water partition coefficient (Wildman–Crippen LogP) is 4.52. The van der Waals surface area contributed by atoms with Crippen LogP contribution in [0.5, 0.6) is 0 Å². The van der Waals surface area contributed by atoms with E-state index in [2.05, 4.69) is 4.98 Å². The van der Waals surface area contributed by atoms with E-state index in [1.807, 2.05) is 37.3 Å². The van der Waals surface area contributed by atoms with Crippen LogP contribution in [-0.2, 0) is 4.74 Å². The number of rotatable bonds is 5. The Bertz CT molecular complexity index is 1390. The third-order valence-electron chi connectivity index (χ3n) is 4.76. The highest BCUT2D eigenvalue weighted by atomic mass is 32.2. The van der Waals surface area contributed by atoms with Gasteiger partial charge in [0.05, 0.1) is 23.7 Å². The number of hydrogen-bond donors (Lipinski definition) is 1. The fraction of sp³-hybridized carbons (Fsp3) is 0.136. The largest absolute Gasteiger partial charge is 0.465 e. The summed E-state index contributed by atoms with van der Waals surface area (Å²) in [4.78, 5) is 41.1. The average Bonchev–Trinajstić information content (AvgIpc) is 3.20. The van der Waals surface area contributed by atoms with Gasteiger partial charge in [0.15, 0.2) is 0 Å². The molecular weight excluding hydrogens is 439 g/mol.